The smallest absolute Gasteiger partial charge is 0.257 e. The van der Waals surface area contributed by atoms with E-state index in [1.54, 1.807) is 12.3 Å². The van der Waals surface area contributed by atoms with Crippen LogP contribution >= 0.6 is 0 Å². The van der Waals surface area contributed by atoms with Gasteiger partial charge >= 0.3 is 0 Å². The first kappa shape index (κ1) is 14.3. The van der Waals surface area contributed by atoms with Gasteiger partial charge in [0, 0.05) is 25.5 Å². The van der Waals surface area contributed by atoms with Gasteiger partial charge in [0.25, 0.3) is 5.91 Å². The third-order valence-electron chi connectivity index (χ3n) is 5.17. The molecule has 2 bridgehead atoms. The molecule has 3 rings (SSSR count). The quantitative estimate of drug-likeness (QED) is 0.658. The van der Waals surface area contributed by atoms with Crippen molar-refractivity contribution in [1.82, 2.24) is 9.88 Å². The van der Waals surface area contributed by atoms with Gasteiger partial charge in [-0.05, 0) is 50.0 Å². The molecule has 3 N–H and O–H groups in total. The van der Waals surface area contributed by atoms with E-state index in [-0.39, 0.29) is 5.91 Å². The van der Waals surface area contributed by atoms with Gasteiger partial charge in [-0.1, -0.05) is 6.42 Å². The summed E-state index contributed by atoms with van der Waals surface area (Å²) < 4.78 is 0. The number of nitrogens with zero attached hydrogens (tertiary/aromatic N) is 2. The molecule has 2 fully saturated rings. The van der Waals surface area contributed by atoms with Crippen molar-refractivity contribution in [2.75, 3.05) is 19.0 Å². The number of carbonyl (C=O) groups excluding carboxylic acids is 1. The zero-order chi connectivity index (χ0) is 15.0. The Morgan fingerprint density at radius 1 is 1.48 bits per heavy atom. The summed E-state index contributed by atoms with van der Waals surface area (Å²) in [5, 5.41) is 0. The third-order valence-corrected chi connectivity index (χ3v) is 5.17. The summed E-state index contributed by atoms with van der Waals surface area (Å²) in [7, 11) is 1.88. The number of hydrogen-bond donors (Lipinski definition) is 2. The van der Waals surface area contributed by atoms with Gasteiger partial charge in [-0.3, -0.25) is 15.6 Å². The molecule has 2 saturated carbocycles. The summed E-state index contributed by atoms with van der Waals surface area (Å²) in [6, 6.07) is 1.80. The fourth-order valence-electron chi connectivity index (χ4n) is 4.09. The number of rotatable bonds is 4. The second kappa shape index (κ2) is 5.64. The van der Waals surface area contributed by atoms with Crippen molar-refractivity contribution < 1.29 is 4.79 Å². The van der Waals surface area contributed by atoms with E-state index in [4.69, 9.17) is 5.84 Å². The van der Waals surface area contributed by atoms with E-state index in [1.807, 2.05) is 18.9 Å². The molecule has 3 unspecified atom stereocenters. The van der Waals surface area contributed by atoms with Crippen LogP contribution in [0, 0.1) is 24.7 Å². The number of nitrogen functional groups attached to an aromatic ring is 1. The molecule has 0 saturated heterocycles. The lowest BCUT2D eigenvalue weighted by Gasteiger charge is -2.27. The van der Waals surface area contributed by atoms with Gasteiger partial charge in [0.2, 0.25) is 0 Å². The number of fused-ring (bicyclic) bond motifs is 2. The van der Waals surface area contributed by atoms with Gasteiger partial charge in [0.05, 0.1) is 11.3 Å². The summed E-state index contributed by atoms with van der Waals surface area (Å²) in [6.45, 7) is 2.73. The van der Waals surface area contributed by atoms with Crippen LogP contribution in [0.25, 0.3) is 0 Å². The molecule has 1 heterocycles. The maximum Gasteiger partial charge on any atom is 0.257 e. The number of aromatic nitrogens is 1. The van der Waals surface area contributed by atoms with E-state index < -0.39 is 0 Å². The number of nitrogens with one attached hydrogen (secondary N) is 1. The average molecular weight is 288 g/mol. The summed E-state index contributed by atoms with van der Waals surface area (Å²) >= 11 is 0. The predicted octanol–water partition coefficient (Wildman–Crippen LogP) is 2.18. The van der Waals surface area contributed by atoms with Crippen LogP contribution in [0.3, 0.4) is 0 Å². The standard InChI is InChI=1S/C16H24N4O/c1-10-5-15(19-17)14(8-18-10)16(21)20(2)9-13-7-11-3-4-12(13)6-11/h5,8,11-13H,3-4,6-7,9,17H2,1-2H3,(H,18,19). The number of nitrogens with two attached hydrogens (primary N) is 1. The Bertz CT molecular complexity index is 545. The van der Waals surface area contributed by atoms with Crippen molar-refractivity contribution in [2.45, 2.75) is 32.6 Å². The SMILES string of the molecule is Cc1cc(NN)c(C(=O)N(C)CC2CC3CCC2C3)cn1. The van der Waals surface area contributed by atoms with E-state index in [2.05, 4.69) is 10.4 Å². The summed E-state index contributed by atoms with van der Waals surface area (Å²) in [6.07, 6.45) is 7.01. The number of pyridine rings is 1. The predicted molar refractivity (Wildman–Crippen MR) is 82.7 cm³/mol. The second-order valence-corrected chi connectivity index (χ2v) is 6.64. The molecule has 5 nitrogen and oxygen atoms in total. The van der Waals surface area contributed by atoms with Gasteiger partial charge in [-0.25, -0.2) is 0 Å². The van der Waals surface area contributed by atoms with Gasteiger partial charge in [-0.2, -0.15) is 0 Å². The minimum absolute atomic E-state index is 0.00164. The molecule has 1 amide bonds. The van der Waals surface area contributed by atoms with E-state index >= 15 is 0 Å². The molecule has 0 radical (unpaired) electrons. The Morgan fingerprint density at radius 2 is 2.29 bits per heavy atom. The minimum Gasteiger partial charge on any atom is -0.341 e. The number of hydrazine groups is 1. The van der Waals surface area contributed by atoms with Crippen LogP contribution in [0.1, 0.15) is 41.7 Å². The lowest BCUT2D eigenvalue weighted by Crippen LogP contribution is -2.34. The monoisotopic (exact) mass is 288 g/mol. The number of aryl methyl sites for hydroxylation is 1. The largest absolute Gasteiger partial charge is 0.341 e. The number of amides is 1. The fourth-order valence-corrected chi connectivity index (χ4v) is 4.09. The van der Waals surface area contributed by atoms with E-state index in [0.717, 1.165) is 24.1 Å². The Hall–Kier alpha value is -1.62. The van der Waals surface area contributed by atoms with Gasteiger partial charge in [0.15, 0.2) is 0 Å². The summed E-state index contributed by atoms with van der Waals surface area (Å²) in [4.78, 5) is 18.7. The maximum atomic E-state index is 12.6. The summed E-state index contributed by atoms with van der Waals surface area (Å²) in [5.41, 5.74) is 4.64. The third kappa shape index (κ3) is 2.75. The van der Waals surface area contributed by atoms with Gasteiger partial charge < -0.3 is 10.3 Å². The molecule has 0 aliphatic heterocycles. The minimum atomic E-state index is -0.00164. The van der Waals surface area contributed by atoms with Crippen molar-refractivity contribution in [1.29, 1.82) is 0 Å². The normalized spacial score (nSPS) is 26.9. The lowest BCUT2D eigenvalue weighted by atomic mass is 9.88. The van der Waals surface area contributed by atoms with Crippen molar-refractivity contribution in [3.8, 4) is 0 Å². The van der Waals surface area contributed by atoms with Crippen LogP contribution in [-0.2, 0) is 0 Å². The Kier molecular flexibility index (Phi) is 3.85. The van der Waals surface area contributed by atoms with Crippen LogP contribution in [0.5, 0.6) is 0 Å². The van der Waals surface area contributed by atoms with Crippen molar-refractivity contribution in [3.05, 3.63) is 23.5 Å². The molecule has 1 aromatic rings. The Balaban J connectivity index is 1.70. The molecule has 0 spiro atoms. The molecule has 3 atom stereocenters. The van der Waals surface area contributed by atoms with Crippen LogP contribution in [0.4, 0.5) is 5.69 Å². The highest BCUT2D eigenvalue weighted by Gasteiger charge is 2.40. The molecular formula is C16H24N4O. The number of hydrogen-bond acceptors (Lipinski definition) is 4. The first-order chi connectivity index (χ1) is 10.1. The van der Waals surface area contributed by atoms with Crippen LogP contribution < -0.4 is 11.3 Å². The number of carbonyl (C=O) groups is 1. The highest BCUT2D eigenvalue weighted by molar-refractivity contribution is 5.99. The molecule has 2 aliphatic carbocycles. The molecule has 1 aromatic heterocycles. The van der Waals surface area contributed by atoms with Crippen LogP contribution in [0.15, 0.2) is 12.3 Å². The van der Waals surface area contributed by atoms with E-state index in [9.17, 15) is 4.79 Å². The molecule has 114 valence electrons. The first-order valence-corrected chi connectivity index (χ1v) is 7.77. The van der Waals surface area contributed by atoms with Crippen LogP contribution in [0.2, 0.25) is 0 Å². The molecular weight excluding hydrogens is 264 g/mol. The highest BCUT2D eigenvalue weighted by Crippen LogP contribution is 2.48. The molecule has 21 heavy (non-hydrogen) atoms. The Morgan fingerprint density at radius 3 is 2.90 bits per heavy atom. The zero-order valence-electron chi connectivity index (χ0n) is 12.8. The molecule has 5 heteroatoms. The van der Waals surface area contributed by atoms with Crippen molar-refractivity contribution in [3.63, 3.8) is 0 Å². The molecule has 0 aromatic carbocycles. The van der Waals surface area contributed by atoms with Crippen molar-refractivity contribution >= 4 is 11.6 Å². The zero-order valence-corrected chi connectivity index (χ0v) is 12.8. The van der Waals surface area contributed by atoms with E-state index in [1.165, 1.54) is 25.7 Å². The first-order valence-electron chi connectivity index (χ1n) is 7.77. The Labute approximate surface area is 125 Å². The second-order valence-electron chi connectivity index (χ2n) is 6.64. The van der Waals surface area contributed by atoms with Gasteiger partial charge in [-0.15, -0.1) is 0 Å². The van der Waals surface area contributed by atoms with Gasteiger partial charge in [0.1, 0.15) is 0 Å². The molecule has 2 aliphatic rings. The van der Waals surface area contributed by atoms with Crippen LogP contribution in [-0.4, -0.2) is 29.4 Å². The van der Waals surface area contributed by atoms with Crippen molar-refractivity contribution in [2.24, 2.45) is 23.6 Å². The van der Waals surface area contributed by atoms with E-state index in [0.29, 0.717) is 17.2 Å². The fraction of sp³-hybridized carbons (Fsp3) is 0.625. The highest BCUT2D eigenvalue weighted by atomic mass is 16.2. The lowest BCUT2D eigenvalue weighted by molar-refractivity contribution is 0.0755. The maximum absolute atomic E-state index is 12.6. The summed E-state index contributed by atoms with van der Waals surface area (Å²) in [5.74, 6) is 7.93. The topological polar surface area (TPSA) is 71.2 Å². The number of anilines is 1. The average Bonchev–Trinajstić information content (AvgIpc) is 3.08.